The van der Waals surface area contributed by atoms with Gasteiger partial charge in [0.2, 0.25) is 0 Å². The second-order valence-corrected chi connectivity index (χ2v) is 7.87. The van der Waals surface area contributed by atoms with E-state index in [1.807, 2.05) is 13.8 Å². The molecule has 0 spiro atoms. The zero-order chi connectivity index (χ0) is 19.6. The monoisotopic (exact) mass is 389 g/mol. The highest BCUT2D eigenvalue weighted by molar-refractivity contribution is 7.90. The van der Waals surface area contributed by atoms with E-state index in [-0.39, 0.29) is 28.0 Å². The Hall–Kier alpha value is -2.87. The molecule has 1 heterocycles. The van der Waals surface area contributed by atoms with Crippen LogP contribution in [0.4, 0.5) is 0 Å². The van der Waals surface area contributed by atoms with Gasteiger partial charge in [-0.3, -0.25) is 0 Å². The van der Waals surface area contributed by atoms with Gasteiger partial charge in [0, 0.05) is 0 Å². The number of benzene rings is 2. The molecule has 0 fully saturated rings. The average molecular weight is 389 g/mol. The van der Waals surface area contributed by atoms with Crippen molar-refractivity contribution in [1.82, 2.24) is 4.15 Å². The summed E-state index contributed by atoms with van der Waals surface area (Å²) in [6.45, 7) is 4.01. The number of hydrogen-bond acceptors (Lipinski definition) is 6. The van der Waals surface area contributed by atoms with Gasteiger partial charge in [-0.15, -0.1) is 0 Å². The standard InChI is InChI=1S/C19H19NO6S/c1-3-4-12-25-18(21)15-6-5-7-16-17(15)19(22)26-20(16)27(23,24)14-10-8-13(2)9-11-14/h5-11H,3-4,12H2,1-2H3. The van der Waals surface area contributed by atoms with Crippen LogP contribution in [0, 0.1) is 6.92 Å². The van der Waals surface area contributed by atoms with Crippen molar-refractivity contribution >= 4 is 26.9 Å². The predicted octanol–water partition coefficient (Wildman–Crippen LogP) is 3.10. The lowest BCUT2D eigenvalue weighted by molar-refractivity contribution is 0.0502. The number of ether oxygens (including phenoxy) is 1. The molecule has 3 aromatic rings. The molecule has 8 heteroatoms. The number of rotatable bonds is 6. The summed E-state index contributed by atoms with van der Waals surface area (Å²) in [7, 11) is -4.13. The van der Waals surface area contributed by atoms with E-state index in [0.29, 0.717) is 10.6 Å². The Labute approximate surface area is 156 Å². The summed E-state index contributed by atoms with van der Waals surface area (Å²) in [5.74, 6) is -0.688. The number of carbonyl (C=O) groups excluding carboxylic acids is 1. The molecule has 0 amide bonds. The van der Waals surface area contributed by atoms with Gasteiger partial charge < -0.3 is 9.26 Å². The molecule has 0 atom stereocenters. The van der Waals surface area contributed by atoms with E-state index in [1.54, 1.807) is 12.1 Å². The molecule has 0 aliphatic carbocycles. The Kier molecular flexibility index (Phi) is 5.18. The van der Waals surface area contributed by atoms with Crippen LogP contribution in [0.5, 0.6) is 0 Å². The fraction of sp³-hybridized carbons (Fsp3) is 0.263. The van der Waals surface area contributed by atoms with Crippen LogP contribution in [-0.2, 0) is 14.8 Å². The minimum Gasteiger partial charge on any atom is -0.462 e. The number of esters is 1. The van der Waals surface area contributed by atoms with Gasteiger partial charge in [0.15, 0.2) is 0 Å². The van der Waals surface area contributed by atoms with Crippen LogP contribution in [0.3, 0.4) is 0 Å². The van der Waals surface area contributed by atoms with Crippen LogP contribution < -0.4 is 5.63 Å². The quantitative estimate of drug-likeness (QED) is 0.475. The third-order valence-corrected chi connectivity index (χ3v) is 5.67. The van der Waals surface area contributed by atoms with E-state index in [4.69, 9.17) is 9.26 Å². The van der Waals surface area contributed by atoms with E-state index in [0.717, 1.165) is 12.0 Å². The largest absolute Gasteiger partial charge is 0.462 e. The van der Waals surface area contributed by atoms with E-state index < -0.39 is 21.6 Å². The van der Waals surface area contributed by atoms with Crippen molar-refractivity contribution in [1.29, 1.82) is 0 Å². The first-order valence-corrected chi connectivity index (χ1v) is 9.94. The minimum absolute atomic E-state index is 0.00878. The molecule has 1 aromatic heterocycles. The van der Waals surface area contributed by atoms with Crippen LogP contribution in [0.15, 0.2) is 56.7 Å². The lowest BCUT2D eigenvalue weighted by Gasteiger charge is -2.06. The number of aryl methyl sites for hydroxylation is 1. The topological polar surface area (TPSA) is 95.6 Å². The summed E-state index contributed by atoms with van der Waals surface area (Å²) in [5.41, 5.74) is -0.0469. The summed E-state index contributed by atoms with van der Waals surface area (Å²) in [5, 5.41) is -0.116. The maximum Gasteiger partial charge on any atom is 0.367 e. The average Bonchev–Trinajstić information content (AvgIpc) is 3.00. The fourth-order valence-corrected chi connectivity index (χ4v) is 3.87. The molecular formula is C19H19NO6S. The van der Waals surface area contributed by atoms with Gasteiger partial charge >= 0.3 is 11.6 Å². The molecule has 0 N–H and O–H groups in total. The number of fused-ring (bicyclic) bond motifs is 1. The lowest BCUT2D eigenvalue weighted by atomic mass is 10.1. The van der Waals surface area contributed by atoms with Crippen molar-refractivity contribution in [2.75, 3.05) is 6.61 Å². The smallest absolute Gasteiger partial charge is 0.367 e. The zero-order valence-electron chi connectivity index (χ0n) is 15.0. The van der Waals surface area contributed by atoms with Crippen LogP contribution in [0.2, 0.25) is 0 Å². The first kappa shape index (κ1) is 18.9. The van der Waals surface area contributed by atoms with Crippen LogP contribution in [-0.4, -0.2) is 25.1 Å². The van der Waals surface area contributed by atoms with Crippen molar-refractivity contribution in [3.8, 4) is 0 Å². The van der Waals surface area contributed by atoms with Crippen molar-refractivity contribution in [3.63, 3.8) is 0 Å². The summed E-state index contributed by atoms with van der Waals surface area (Å²) in [6, 6.07) is 10.5. The number of aromatic nitrogens is 1. The molecule has 0 aliphatic heterocycles. The van der Waals surface area contributed by atoms with Crippen molar-refractivity contribution in [2.24, 2.45) is 0 Å². The van der Waals surface area contributed by atoms with Gasteiger partial charge in [0.1, 0.15) is 10.9 Å². The Morgan fingerprint density at radius 2 is 1.85 bits per heavy atom. The molecular weight excluding hydrogens is 370 g/mol. The lowest BCUT2D eigenvalue weighted by Crippen LogP contribution is -2.12. The van der Waals surface area contributed by atoms with E-state index in [2.05, 4.69) is 0 Å². The summed E-state index contributed by atoms with van der Waals surface area (Å²) >= 11 is 0. The van der Waals surface area contributed by atoms with Crippen molar-refractivity contribution < 1.29 is 22.5 Å². The van der Waals surface area contributed by atoms with E-state index in [9.17, 15) is 18.0 Å². The normalized spacial score (nSPS) is 11.6. The van der Waals surface area contributed by atoms with Gasteiger partial charge in [0.05, 0.1) is 17.1 Å². The Bertz CT molecular complexity index is 1140. The van der Waals surface area contributed by atoms with Crippen LogP contribution in [0.25, 0.3) is 10.9 Å². The highest BCUT2D eigenvalue weighted by atomic mass is 32.2. The number of hydrogen-bond donors (Lipinski definition) is 0. The zero-order valence-corrected chi connectivity index (χ0v) is 15.8. The van der Waals surface area contributed by atoms with E-state index in [1.165, 1.54) is 30.3 Å². The predicted molar refractivity (Wildman–Crippen MR) is 99.4 cm³/mol. The molecule has 2 aromatic carbocycles. The third kappa shape index (κ3) is 3.52. The maximum atomic E-state index is 12.9. The molecule has 0 saturated carbocycles. The molecule has 0 radical (unpaired) electrons. The second-order valence-electron chi connectivity index (χ2n) is 6.11. The fourth-order valence-electron chi connectivity index (χ4n) is 2.62. The minimum atomic E-state index is -4.13. The highest BCUT2D eigenvalue weighted by Crippen LogP contribution is 2.23. The molecule has 0 aliphatic rings. The Balaban J connectivity index is 2.12. The van der Waals surface area contributed by atoms with Gasteiger partial charge in [-0.05, 0) is 37.6 Å². The summed E-state index contributed by atoms with van der Waals surface area (Å²) < 4.78 is 36.5. The molecule has 0 unspecified atom stereocenters. The molecule has 27 heavy (non-hydrogen) atoms. The highest BCUT2D eigenvalue weighted by Gasteiger charge is 2.26. The molecule has 0 saturated heterocycles. The van der Waals surface area contributed by atoms with Gasteiger partial charge in [-0.1, -0.05) is 41.3 Å². The number of nitrogens with zero attached hydrogens (tertiary/aromatic N) is 1. The summed E-state index contributed by atoms with van der Waals surface area (Å²) in [4.78, 5) is 24.6. The Morgan fingerprint density at radius 1 is 1.15 bits per heavy atom. The van der Waals surface area contributed by atoms with Gasteiger partial charge in [-0.25, -0.2) is 9.59 Å². The van der Waals surface area contributed by atoms with E-state index >= 15 is 0 Å². The number of carbonyl (C=O) groups is 1. The SMILES string of the molecule is CCCCOC(=O)c1cccc2c1c(=O)on2S(=O)(=O)c1ccc(C)cc1. The van der Waals surface area contributed by atoms with Gasteiger partial charge in [-0.2, -0.15) is 8.42 Å². The van der Waals surface area contributed by atoms with Crippen LogP contribution >= 0.6 is 0 Å². The molecule has 3 rings (SSSR count). The molecule has 0 bridgehead atoms. The molecule has 142 valence electrons. The maximum absolute atomic E-state index is 12.9. The second kappa shape index (κ2) is 7.40. The Morgan fingerprint density at radius 3 is 2.52 bits per heavy atom. The first-order valence-electron chi connectivity index (χ1n) is 8.50. The van der Waals surface area contributed by atoms with Crippen LogP contribution in [0.1, 0.15) is 35.7 Å². The number of unbranched alkanes of at least 4 members (excludes halogenated alkanes) is 1. The summed E-state index contributed by atoms with van der Waals surface area (Å²) in [6.07, 6.45) is 1.55. The van der Waals surface area contributed by atoms with Gasteiger partial charge in [0.25, 0.3) is 10.0 Å². The third-order valence-electron chi connectivity index (χ3n) is 4.10. The first-order chi connectivity index (χ1) is 12.9. The van der Waals surface area contributed by atoms with Crippen molar-refractivity contribution in [3.05, 3.63) is 64.0 Å². The van der Waals surface area contributed by atoms with Crippen molar-refractivity contribution in [2.45, 2.75) is 31.6 Å². The molecule has 7 nitrogen and oxygen atoms in total.